The standard InChI is InChI=1S/C65H99BrN4O2S4/c1-8-14-20-26-28-32-38-49(36-30-22-16-10-3)46-69-59(55-44-67-62(75-55)53-42-51(48(7)73-53)40-34-24-18-12-5)57-58(65(69)72)60(56-45-68-63(76-56)54-43-52(61(66)74-54)41-35-25-19-13-6)70(64(57)71)47-50(37-31-23-17-11-4)39-33-29-27-21-15-9-2/h42-45,49-50H,8-41,46-47H2,1-7H3. The van der Waals surface area contributed by atoms with Gasteiger partial charge < -0.3 is 9.80 Å². The molecule has 2 aliphatic rings. The molecule has 0 saturated heterocycles. The topological polar surface area (TPSA) is 66.4 Å². The van der Waals surface area contributed by atoms with Crippen molar-refractivity contribution in [2.45, 2.75) is 267 Å². The fourth-order valence-electron chi connectivity index (χ4n) is 11.6. The largest absolute Gasteiger partial charge is 0.306 e. The molecule has 0 bridgehead atoms. The van der Waals surface area contributed by atoms with Gasteiger partial charge in [0.25, 0.3) is 11.8 Å². The van der Waals surface area contributed by atoms with Crippen LogP contribution in [0.3, 0.4) is 0 Å². The number of aryl methyl sites for hydroxylation is 3. The number of unbranched alkanes of at least 4 members (excludes halogenated alkanes) is 22. The van der Waals surface area contributed by atoms with Gasteiger partial charge in [0.2, 0.25) is 0 Å². The van der Waals surface area contributed by atoms with Crippen LogP contribution in [-0.2, 0) is 22.4 Å². The Kier molecular flexibility index (Phi) is 28.6. The number of carbonyl (C=O) groups excluding carboxylic acids is 2. The Hall–Kier alpha value is -2.44. The molecule has 422 valence electrons. The van der Waals surface area contributed by atoms with Gasteiger partial charge in [-0.3, -0.25) is 9.59 Å². The van der Waals surface area contributed by atoms with Gasteiger partial charge in [-0.1, -0.05) is 208 Å². The smallest absolute Gasteiger partial charge is 0.261 e. The zero-order chi connectivity index (χ0) is 54.1. The van der Waals surface area contributed by atoms with Gasteiger partial charge in [0.05, 0.1) is 45.8 Å². The molecule has 0 fully saturated rings. The molecule has 2 amide bonds. The molecule has 6 rings (SSSR count). The van der Waals surface area contributed by atoms with Gasteiger partial charge in [-0.15, -0.1) is 45.3 Å². The van der Waals surface area contributed by atoms with Gasteiger partial charge >= 0.3 is 0 Å². The van der Waals surface area contributed by atoms with E-state index in [-0.39, 0.29) is 11.8 Å². The van der Waals surface area contributed by atoms with Crippen molar-refractivity contribution in [3.05, 3.63) is 65.2 Å². The number of thiophene rings is 2. The van der Waals surface area contributed by atoms with Crippen LogP contribution in [0.1, 0.15) is 273 Å². The van der Waals surface area contributed by atoms with Crippen molar-refractivity contribution in [1.82, 2.24) is 19.8 Å². The first kappa shape index (κ1) is 62.8. The summed E-state index contributed by atoms with van der Waals surface area (Å²) in [6, 6.07) is 4.70. The second-order valence-electron chi connectivity index (χ2n) is 22.6. The van der Waals surface area contributed by atoms with E-state index in [4.69, 9.17) is 9.97 Å². The maximum Gasteiger partial charge on any atom is 0.261 e. The normalized spacial score (nSPS) is 14.7. The summed E-state index contributed by atoms with van der Waals surface area (Å²) < 4.78 is 1.18. The van der Waals surface area contributed by atoms with Crippen LogP contribution in [-0.4, -0.2) is 44.7 Å². The molecule has 4 aromatic heterocycles. The molecule has 76 heavy (non-hydrogen) atoms. The average Bonchev–Trinajstić information content (AvgIpc) is 4.32. The Balaban J connectivity index is 1.45. The molecule has 0 aromatic carbocycles. The fourth-order valence-corrected chi connectivity index (χ4v) is 16.5. The average molecular weight is 1180 g/mol. The van der Waals surface area contributed by atoms with Crippen LogP contribution in [0, 0.1) is 18.8 Å². The molecular weight excluding hydrogens is 1080 g/mol. The number of thiazole rings is 2. The molecule has 2 atom stereocenters. The van der Waals surface area contributed by atoms with Crippen LogP contribution in [0.4, 0.5) is 0 Å². The number of fused-ring (bicyclic) bond motifs is 1. The summed E-state index contributed by atoms with van der Waals surface area (Å²) in [5.74, 6) is 0.692. The maximum absolute atomic E-state index is 16.0. The van der Waals surface area contributed by atoms with E-state index in [9.17, 15) is 0 Å². The molecule has 11 heteroatoms. The number of aromatic nitrogens is 2. The lowest BCUT2D eigenvalue weighted by Gasteiger charge is -2.29. The molecule has 4 aromatic rings. The van der Waals surface area contributed by atoms with E-state index < -0.39 is 0 Å². The third kappa shape index (κ3) is 18.3. The molecule has 0 N–H and O–H groups in total. The summed E-state index contributed by atoms with van der Waals surface area (Å²) in [5, 5.41) is 1.94. The minimum Gasteiger partial charge on any atom is -0.306 e. The summed E-state index contributed by atoms with van der Waals surface area (Å²) in [6.07, 6.45) is 45.2. The Labute approximate surface area is 487 Å². The summed E-state index contributed by atoms with van der Waals surface area (Å²) in [6.45, 7) is 17.2. The first-order valence-electron chi connectivity index (χ1n) is 31.1. The molecule has 6 heterocycles. The summed E-state index contributed by atoms with van der Waals surface area (Å²) in [7, 11) is 0. The SMILES string of the molecule is CCCCCCCCC(CCCCCC)CN1C(=O)C2=C(c3cnc(-c4cc(CCCCCC)c(Br)s4)s3)N(CC(CCCCCC)CCCCCCCC)C(=O)C2=C1c1cnc(-c2cc(CCCCCC)c(C)s2)s1. The highest BCUT2D eigenvalue weighted by Gasteiger charge is 2.50. The predicted molar refractivity (Wildman–Crippen MR) is 337 cm³/mol. The number of hydrogen-bond acceptors (Lipinski definition) is 8. The van der Waals surface area contributed by atoms with Crippen molar-refractivity contribution >= 4 is 84.5 Å². The van der Waals surface area contributed by atoms with Gasteiger partial charge in [0.15, 0.2) is 0 Å². The van der Waals surface area contributed by atoms with Crippen LogP contribution in [0.15, 0.2) is 39.5 Å². The number of hydrogen-bond donors (Lipinski definition) is 0. The Morgan fingerprint density at radius 2 is 0.776 bits per heavy atom. The number of amides is 2. The molecule has 2 aliphatic heterocycles. The van der Waals surface area contributed by atoms with Gasteiger partial charge in [-0.2, -0.15) is 0 Å². The molecular formula is C65H99BrN4O2S4. The second-order valence-corrected chi connectivity index (χ2v) is 28.3. The quantitative estimate of drug-likeness (QED) is 0.0415. The van der Waals surface area contributed by atoms with Crippen molar-refractivity contribution in [2.24, 2.45) is 11.8 Å². The minimum absolute atomic E-state index is 0.00718. The van der Waals surface area contributed by atoms with Crippen molar-refractivity contribution in [3.63, 3.8) is 0 Å². The van der Waals surface area contributed by atoms with Crippen LogP contribution >= 0.6 is 61.3 Å². The first-order valence-corrected chi connectivity index (χ1v) is 35.2. The molecule has 0 radical (unpaired) electrons. The number of rotatable bonds is 42. The van der Waals surface area contributed by atoms with Crippen LogP contribution in [0.5, 0.6) is 0 Å². The van der Waals surface area contributed by atoms with Crippen molar-refractivity contribution in [3.8, 4) is 19.8 Å². The third-order valence-electron chi connectivity index (χ3n) is 16.2. The Morgan fingerprint density at radius 1 is 0.434 bits per heavy atom. The second kappa shape index (κ2) is 34.6. The third-order valence-corrected chi connectivity index (χ3v) is 21.6. The van der Waals surface area contributed by atoms with E-state index in [0.29, 0.717) is 36.1 Å². The Morgan fingerprint density at radius 3 is 1.20 bits per heavy atom. The number of nitrogens with zero attached hydrogens (tertiary/aromatic N) is 4. The molecule has 0 spiro atoms. The van der Waals surface area contributed by atoms with Gasteiger partial charge in [0.1, 0.15) is 10.0 Å². The number of halogens is 1. The van der Waals surface area contributed by atoms with E-state index in [1.54, 1.807) is 34.0 Å². The van der Waals surface area contributed by atoms with Crippen LogP contribution in [0.25, 0.3) is 31.2 Å². The monoisotopic (exact) mass is 1170 g/mol. The molecule has 0 aliphatic carbocycles. The van der Waals surface area contributed by atoms with Gasteiger partial charge in [0, 0.05) is 30.4 Å². The minimum atomic E-state index is -0.00718. The first-order chi connectivity index (χ1) is 37.2. The summed E-state index contributed by atoms with van der Waals surface area (Å²) in [4.78, 5) is 52.0. The van der Waals surface area contributed by atoms with E-state index in [1.165, 1.54) is 204 Å². The van der Waals surface area contributed by atoms with Crippen molar-refractivity contribution in [1.29, 1.82) is 0 Å². The Bertz CT molecular complexity index is 2240. The summed E-state index contributed by atoms with van der Waals surface area (Å²) in [5.41, 5.74) is 5.58. The lowest BCUT2D eigenvalue weighted by molar-refractivity contribution is -0.124. The fraction of sp³-hybridized carbons (Fsp3) is 0.692. The van der Waals surface area contributed by atoms with Gasteiger partial charge in [-0.25, -0.2) is 9.97 Å². The van der Waals surface area contributed by atoms with Crippen LogP contribution < -0.4 is 0 Å². The highest BCUT2D eigenvalue weighted by Crippen LogP contribution is 2.51. The zero-order valence-electron chi connectivity index (χ0n) is 48.5. The number of carbonyl (C=O) groups is 2. The molecule has 6 nitrogen and oxygen atoms in total. The van der Waals surface area contributed by atoms with Crippen molar-refractivity contribution in [2.75, 3.05) is 13.1 Å². The maximum atomic E-state index is 16.0. The van der Waals surface area contributed by atoms with E-state index in [1.807, 2.05) is 23.7 Å². The lowest BCUT2D eigenvalue weighted by atomic mass is 9.93. The van der Waals surface area contributed by atoms with Crippen molar-refractivity contribution < 1.29 is 9.59 Å². The zero-order valence-corrected chi connectivity index (χ0v) is 53.4. The highest BCUT2D eigenvalue weighted by atomic mass is 79.9. The highest BCUT2D eigenvalue weighted by molar-refractivity contribution is 9.11. The molecule has 0 saturated carbocycles. The molecule has 2 unspecified atom stereocenters. The van der Waals surface area contributed by atoms with Gasteiger partial charge in [-0.05, 0) is 109 Å². The predicted octanol–water partition coefficient (Wildman–Crippen LogP) is 21.9. The van der Waals surface area contributed by atoms with Crippen LogP contribution in [0.2, 0.25) is 0 Å². The van der Waals surface area contributed by atoms with E-state index in [0.717, 1.165) is 74.6 Å². The van der Waals surface area contributed by atoms with E-state index in [2.05, 4.69) is 86.3 Å². The lowest BCUT2D eigenvalue weighted by Crippen LogP contribution is -2.34. The summed E-state index contributed by atoms with van der Waals surface area (Å²) >= 11 is 10.9. The van der Waals surface area contributed by atoms with E-state index >= 15 is 9.59 Å².